The minimum absolute atomic E-state index is 0.124. The number of hydrogen-bond donors (Lipinski definition) is 3. The van der Waals surface area contributed by atoms with Crippen LogP contribution in [0.2, 0.25) is 0 Å². The Hall–Kier alpha value is -3.12. The van der Waals surface area contributed by atoms with Crippen molar-refractivity contribution in [3.63, 3.8) is 0 Å². The van der Waals surface area contributed by atoms with Crippen LogP contribution in [0.4, 0.5) is 0 Å². The van der Waals surface area contributed by atoms with Gasteiger partial charge in [0.15, 0.2) is 11.5 Å². The van der Waals surface area contributed by atoms with E-state index in [-0.39, 0.29) is 24.2 Å². The zero-order chi connectivity index (χ0) is 18.8. The average Bonchev–Trinajstić information content (AvgIpc) is 3.46. The van der Waals surface area contributed by atoms with Crippen molar-refractivity contribution in [2.45, 2.75) is 25.0 Å². The predicted molar refractivity (Wildman–Crippen MR) is 91.9 cm³/mol. The fraction of sp³-hybridized carbons (Fsp3) is 0.333. The summed E-state index contributed by atoms with van der Waals surface area (Å²) in [6.07, 6.45) is 1.83. The van der Waals surface area contributed by atoms with Gasteiger partial charge >= 0.3 is 5.97 Å². The van der Waals surface area contributed by atoms with Gasteiger partial charge in [0.25, 0.3) is 5.89 Å². The maximum Gasteiger partial charge on any atom is 0.358 e. The second-order valence-corrected chi connectivity index (χ2v) is 6.90. The van der Waals surface area contributed by atoms with Crippen LogP contribution >= 0.6 is 11.3 Å². The Morgan fingerprint density at radius 2 is 2.37 bits per heavy atom. The highest BCUT2D eigenvalue weighted by molar-refractivity contribution is 7.13. The van der Waals surface area contributed by atoms with E-state index in [4.69, 9.17) is 9.63 Å². The Labute approximate surface area is 156 Å². The molecule has 1 aliphatic rings. The summed E-state index contributed by atoms with van der Waals surface area (Å²) in [6.45, 7) is 0.647. The van der Waals surface area contributed by atoms with Crippen LogP contribution < -0.4 is 10.6 Å². The number of carbonyl (C=O) groups is 2. The largest absolute Gasteiger partial charge is 0.476 e. The van der Waals surface area contributed by atoms with E-state index >= 15 is 0 Å². The summed E-state index contributed by atoms with van der Waals surface area (Å²) in [6, 6.07) is 3.21. The fourth-order valence-corrected chi connectivity index (χ4v) is 3.43. The lowest BCUT2D eigenvalue weighted by Crippen LogP contribution is -2.40. The molecule has 3 aromatic heterocycles. The number of nitrogens with zero attached hydrogens (tertiary/aromatic N) is 5. The third kappa shape index (κ3) is 3.71. The van der Waals surface area contributed by atoms with Crippen molar-refractivity contribution >= 4 is 23.2 Å². The molecule has 0 aliphatic carbocycles. The van der Waals surface area contributed by atoms with Crippen LogP contribution in [-0.2, 0) is 11.3 Å². The lowest BCUT2D eigenvalue weighted by molar-refractivity contribution is -0.123. The van der Waals surface area contributed by atoms with E-state index in [1.54, 1.807) is 0 Å². The van der Waals surface area contributed by atoms with E-state index in [0.29, 0.717) is 24.7 Å². The van der Waals surface area contributed by atoms with Crippen LogP contribution in [0.25, 0.3) is 10.8 Å². The number of thiophene rings is 1. The number of hydrogen-bond acceptors (Lipinski definition) is 9. The number of nitrogens with one attached hydrogen (secondary N) is 2. The second kappa shape index (κ2) is 7.25. The average molecular weight is 389 g/mol. The molecule has 1 aliphatic heterocycles. The summed E-state index contributed by atoms with van der Waals surface area (Å²) in [5.41, 5.74) is -0.124. The van der Waals surface area contributed by atoms with Crippen LogP contribution in [0.1, 0.15) is 28.8 Å². The summed E-state index contributed by atoms with van der Waals surface area (Å²) < 4.78 is 6.65. The number of carbonyl (C=O) groups excluding carboxylic acids is 1. The summed E-state index contributed by atoms with van der Waals surface area (Å²) in [7, 11) is 0. The molecule has 140 valence electrons. The van der Waals surface area contributed by atoms with E-state index in [9.17, 15) is 9.59 Å². The van der Waals surface area contributed by atoms with Crippen molar-refractivity contribution in [3.8, 4) is 10.8 Å². The first kappa shape index (κ1) is 17.3. The van der Waals surface area contributed by atoms with Gasteiger partial charge in [0.1, 0.15) is 0 Å². The molecule has 0 spiro atoms. The van der Waals surface area contributed by atoms with Crippen molar-refractivity contribution < 1.29 is 19.2 Å². The maximum atomic E-state index is 12.3. The quantitative estimate of drug-likeness (QED) is 0.541. The number of amides is 1. The maximum absolute atomic E-state index is 12.3. The molecule has 0 saturated carbocycles. The molecule has 0 radical (unpaired) electrons. The van der Waals surface area contributed by atoms with E-state index < -0.39 is 12.0 Å². The lowest BCUT2D eigenvalue weighted by Gasteiger charge is -2.10. The molecule has 2 atom stereocenters. The van der Waals surface area contributed by atoms with Gasteiger partial charge in [-0.15, -0.1) is 16.4 Å². The molecule has 0 bridgehead atoms. The number of rotatable bonds is 6. The van der Waals surface area contributed by atoms with Crippen LogP contribution in [-0.4, -0.2) is 54.7 Å². The smallest absolute Gasteiger partial charge is 0.358 e. The molecule has 4 heterocycles. The van der Waals surface area contributed by atoms with Crippen LogP contribution in [0.5, 0.6) is 0 Å². The van der Waals surface area contributed by atoms with Gasteiger partial charge in [0.05, 0.1) is 29.7 Å². The number of aromatic nitrogens is 5. The van der Waals surface area contributed by atoms with Crippen LogP contribution in [0.3, 0.4) is 0 Å². The van der Waals surface area contributed by atoms with Gasteiger partial charge in [0.2, 0.25) is 5.91 Å². The van der Waals surface area contributed by atoms with Crippen molar-refractivity contribution in [2.75, 3.05) is 6.54 Å². The first-order valence-corrected chi connectivity index (χ1v) is 9.01. The van der Waals surface area contributed by atoms with Gasteiger partial charge in [0, 0.05) is 6.54 Å². The van der Waals surface area contributed by atoms with Gasteiger partial charge in [-0.05, 0) is 17.9 Å². The zero-order valence-corrected chi connectivity index (χ0v) is 14.7. The standard InChI is InChI=1S/C15H15N7O4S/c23-13(17-6-12-18-14(26-20-12)11-2-1-3-27-11)9-4-8(5-16-9)22-7-10(15(24)25)19-21-22/h1-3,7-9,16H,4-6H2,(H,17,23)(H,24,25)/t8-,9+/m1/s1. The van der Waals surface area contributed by atoms with Gasteiger partial charge < -0.3 is 20.3 Å². The molecule has 1 amide bonds. The Balaban J connectivity index is 1.31. The topological polar surface area (TPSA) is 148 Å². The Kier molecular flexibility index (Phi) is 4.64. The predicted octanol–water partition coefficient (Wildman–Crippen LogP) is 0.307. The second-order valence-electron chi connectivity index (χ2n) is 5.95. The summed E-state index contributed by atoms with van der Waals surface area (Å²) >= 11 is 1.49. The minimum Gasteiger partial charge on any atom is -0.476 e. The van der Waals surface area contributed by atoms with Crippen molar-refractivity contribution in [2.24, 2.45) is 0 Å². The number of carboxylic acid groups (broad SMARTS) is 1. The molecule has 12 heteroatoms. The zero-order valence-electron chi connectivity index (χ0n) is 13.9. The summed E-state index contributed by atoms with van der Waals surface area (Å²) in [5, 5.41) is 28.0. The molecule has 0 aromatic carbocycles. The van der Waals surface area contributed by atoms with E-state index in [2.05, 4.69) is 31.1 Å². The molecular formula is C15H15N7O4S. The highest BCUT2D eigenvalue weighted by Crippen LogP contribution is 2.22. The third-order valence-corrected chi connectivity index (χ3v) is 5.01. The van der Waals surface area contributed by atoms with E-state index in [0.717, 1.165) is 4.88 Å². The number of aromatic carboxylic acids is 1. The molecule has 3 N–H and O–H groups in total. The summed E-state index contributed by atoms with van der Waals surface area (Å²) in [4.78, 5) is 28.4. The molecule has 1 fully saturated rings. The Bertz CT molecular complexity index is 951. The molecule has 11 nitrogen and oxygen atoms in total. The highest BCUT2D eigenvalue weighted by atomic mass is 32.1. The fourth-order valence-electron chi connectivity index (χ4n) is 2.79. The first-order valence-electron chi connectivity index (χ1n) is 8.13. The van der Waals surface area contributed by atoms with Gasteiger partial charge in [-0.1, -0.05) is 16.4 Å². The molecular weight excluding hydrogens is 374 g/mol. The van der Waals surface area contributed by atoms with Crippen molar-refractivity contribution in [1.29, 1.82) is 0 Å². The molecule has 0 unspecified atom stereocenters. The number of carboxylic acids is 1. The molecule has 4 rings (SSSR count). The normalized spacial score (nSPS) is 19.3. The molecule has 3 aromatic rings. The van der Waals surface area contributed by atoms with E-state index in [1.165, 1.54) is 22.2 Å². The van der Waals surface area contributed by atoms with Crippen LogP contribution in [0, 0.1) is 0 Å². The summed E-state index contributed by atoms with van der Waals surface area (Å²) in [5.74, 6) is -0.514. The molecule has 27 heavy (non-hydrogen) atoms. The van der Waals surface area contributed by atoms with Crippen molar-refractivity contribution in [3.05, 3.63) is 35.2 Å². The van der Waals surface area contributed by atoms with Gasteiger partial charge in [-0.25, -0.2) is 9.48 Å². The van der Waals surface area contributed by atoms with Gasteiger partial charge in [-0.2, -0.15) is 4.98 Å². The highest BCUT2D eigenvalue weighted by Gasteiger charge is 2.31. The monoisotopic (exact) mass is 389 g/mol. The first-order chi connectivity index (χ1) is 13.1. The lowest BCUT2D eigenvalue weighted by atomic mass is 10.1. The molecule has 1 saturated heterocycles. The Morgan fingerprint density at radius 3 is 3.11 bits per heavy atom. The van der Waals surface area contributed by atoms with Crippen LogP contribution in [0.15, 0.2) is 28.2 Å². The SMILES string of the molecule is O=C(O)c1cn([C@H]2CN[C@H](C(=O)NCc3noc(-c4cccs4)n3)C2)nn1. The van der Waals surface area contributed by atoms with Crippen molar-refractivity contribution in [1.82, 2.24) is 35.8 Å². The Morgan fingerprint density at radius 1 is 1.48 bits per heavy atom. The van der Waals surface area contributed by atoms with Gasteiger partial charge in [-0.3, -0.25) is 4.79 Å². The minimum atomic E-state index is -1.14. The third-order valence-electron chi connectivity index (χ3n) is 4.15. The van der Waals surface area contributed by atoms with E-state index in [1.807, 2.05) is 17.5 Å².